The lowest BCUT2D eigenvalue weighted by Crippen LogP contribution is -2.42. The molecule has 0 atom stereocenters. The van der Waals surface area contributed by atoms with E-state index in [2.05, 4.69) is 10.6 Å². The molecule has 2 rings (SSSR count). The first-order chi connectivity index (χ1) is 12.6. The van der Waals surface area contributed by atoms with Crippen molar-refractivity contribution < 1.29 is 9.59 Å². The molecule has 4 heteroatoms. The van der Waals surface area contributed by atoms with Gasteiger partial charge in [-0.2, -0.15) is 0 Å². The summed E-state index contributed by atoms with van der Waals surface area (Å²) in [6.07, 6.45) is 1.35. The maximum Gasteiger partial charge on any atom is 0.247 e. The van der Waals surface area contributed by atoms with Gasteiger partial charge in [-0.1, -0.05) is 60.7 Å². The van der Waals surface area contributed by atoms with Crippen LogP contribution in [0.15, 0.2) is 72.3 Å². The Morgan fingerprint density at radius 2 is 1.15 bits per heavy atom. The van der Waals surface area contributed by atoms with Gasteiger partial charge in [0.25, 0.3) is 0 Å². The van der Waals surface area contributed by atoms with Gasteiger partial charge in [0.1, 0.15) is 0 Å². The van der Waals surface area contributed by atoms with Crippen LogP contribution in [0.5, 0.6) is 0 Å². The third kappa shape index (κ3) is 5.55. The minimum absolute atomic E-state index is 0.267. The Morgan fingerprint density at radius 3 is 1.59 bits per heavy atom. The van der Waals surface area contributed by atoms with Gasteiger partial charge < -0.3 is 10.6 Å². The maximum atomic E-state index is 12.5. The Morgan fingerprint density at radius 1 is 0.741 bits per heavy atom. The lowest BCUT2D eigenvalue weighted by Gasteiger charge is -2.28. The molecule has 2 N–H and O–H groups in total. The predicted octanol–water partition coefficient (Wildman–Crippen LogP) is 4.04. The van der Waals surface area contributed by atoms with Crippen LogP contribution in [0.2, 0.25) is 0 Å². The first kappa shape index (κ1) is 20.4. The van der Waals surface area contributed by atoms with Crippen molar-refractivity contribution in [2.75, 3.05) is 0 Å². The molecule has 27 heavy (non-hydrogen) atoms. The minimum atomic E-state index is -0.534. The van der Waals surface area contributed by atoms with Gasteiger partial charge in [-0.15, -0.1) is 0 Å². The number of benzene rings is 2. The molecule has 0 heterocycles. The van der Waals surface area contributed by atoms with Crippen molar-refractivity contribution in [2.24, 2.45) is 0 Å². The van der Waals surface area contributed by atoms with Crippen LogP contribution in [0.3, 0.4) is 0 Å². The van der Waals surface area contributed by atoms with Crippen LogP contribution in [0, 0.1) is 0 Å². The van der Waals surface area contributed by atoms with Gasteiger partial charge in [-0.25, -0.2) is 0 Å². The number of carbonyl (C=O) groups excluding carboxylic acids is 2. The summed E-state index contributed by atoms with van der Waals surface area (Å²) in [4.78, 5) is 25.0. The molecule has 0 saturated carbocycles. The second-order valence-corrected chi connectivity index (χ2v) is 7.75. The van der Waals surface area contributed by atoms with Crippen LogP contribution in [0.25, 0.3) is 0 Å². The molecule has 0 unspecified atom stereocenters. The van der Waals surface area contributed by atoms with Crippen molar-refractivity contribution in [3.05, 3.63) is 83.4 Å². The van der Waals surface area contributed by atoms with Gasteiger partial charge >= 0.3 is 0 Å². The summed E-state index contributed by atoms with van der Waals surface area (Å²) in [5, 5.41) is 5.94. The van der Waals surface area contributed by atoms with E-state index < -0.39 is 11.1 Å². The van der Waals surface area contributed by atoms with Crippen molar-refractivity contribution in [1.82, 2.24) is 10.6 Å². The zero-order valence-electron chi connectivity index (χ0n) is 16.7. The summed E-state index contributed by atoms with van der Waals surface area (Å²) >= 11 is 0. The van der Waals surface area contributed by atoms with Crippen molar-refractivity contribution >= 4 is 11.8 Å². The van der Waals surface area contributed by atoms with Gasteiger partial charge in [0.2, 0.25) is 11.8 Å². The number of carbonyl (C=O) groups is 2. The molecule has 0 aliphatic rings. The average Bonchev–Trinajstić information content (AvgIpc) is 2.62. The first-order valence-corrected chi connectivity index (χ1v) is 9.06. The molecule has 0 aromatic heterocycles. The molecule has 0 saturated heterocycles. The molecular weight excluding hydrogens is 336 g/mol. The standard InChI is InChI=1S/C23H28N2O2/c1-17(21(27)25-23(4,5)19-14-10-7-11-15-19)16-20(26)24-22(2,3)18-12-8-6-9-13-18/h6-16H,1-5H3,(H,24,26)(H,25,27)/b17-16+. The largest absolute Gasteiger partial charge is 0.344 e. The Hall–Kier alpha value is -2.88. The Labute approximate surface area is 161 Å². The quantitative estimate of drug-likeness (QED) is 0.760. The summed E-state index contributed by atoms with van der Waals surface area (Å²) in [5.74, 6) is -0.564. The molecule has 0 fully saturated rings. The van der Waals surface area contributed by atoms with E-state index in [4.69, 9.17) is 0 Å². The fourth-order valence-corrected chi connectivity index (χ4v) is 2.84. The Balaban J connectivity index is 2.05. The molecule has 2 amide bonds. The monoisotopic (exact) mass is 364 g/mol. The highest BCUT2D eigenvalue weighted by atomic mass is 16.2. The van der Waals surface area contributed by atoms with E-state index in [9.17, 15) is 9.59 Å². The first-order valence-electron chi connectivity index (χ1n) is 9.06. The fraction of sp³-hybridized carbons (Fsp3) is 0.304. The van der Waals surface area contributed by atoms with Crippen LogP contribution < -0.4 is 10.6 Å². The van der Waals surface area contributed by atoms with E-state index in [1.54, 1.807) is 6.92 Å². The van der Waals surface area contributed by atoms with Gasteiger partial charge in [0.15, 0.2) is 0 Å². The Kier molecular flexibility index (Phi) is 6.21. The molecule has 2 aromatic rings. The smallest absolute Gasteiger partial charge is 0.247 e. The molecule has 2 aromatic carbocycles. The van der Waals surface area contributed by atoms with E-state index in [0.717, 1.165) is 11.1 Å². The van der Waals surface area contributed by atoms with E-state index in [1.807, 2.05) is 88.4 Å². The average molecular weight is 364 g/mol. The third-order valence-electron chi connectivity index (χ3n) is 4.56. The van der Waals surface area contributed by atoms with Crippen LogP contribution >= 0.6 is 0 Å². The minimum Gasteiger partial charge on any atom is -0.344 e. The van der Waals surface area contributed by atoms with Gasteiger partial charge in [-0.05, 0) is 45.7 Å². The zero-order valence-corrected chi connectivity index (χ0v) is 16.7. The number of hydrogen-bond donors (Lipinski definition) is 2. The molecule has 142 valence electrons. The van der Waals surface area contributed by atoms with Crippen LogP contribution in [0.1, 0.15) is 45.7 Å². The fourth-order valence-electron chi connectivity index (χ4n) is 2.84. The topological polar surface area (TPSA) is 58.2 Å². The van der Waals surface area contributed by atoms with E-state index in [-0.39, 0.29) is 11.8 Å². The van der Waals surface area contributed by atoms with Gasteiger partial charge in [-0.3, -0.25) is 9.59 Å². The van der Waals surface area contributed by atoms with Crippen LogP contribution in [-0.2, 0) is 20.7 Å². The van der Waals surface area contributed by atoms with Crippen molar-refractivity contribution in [3.63, 3.8) is 0 Å². The SMILES string of the molecule is C/C(=C\C(=O)NC(C)(C)c1ccccc1)C(=O)NC(C)(C)c1ccccc1. The zero-order chi connectivity index (χ0) is 20.1. The van der Waals surface area contributed by atoms with E-state index in [1.165, 1.54) is 6.08 Å². The normalized spacial score (nSPS) is 12.4. The summed E-state index contributed by atoms with van der Waals surface area (Å²) in [5.41, 5.74) is 1.29. The summed E-state index contributed by atoms with van der Waals surface area (Å²) < 4.78 is 0. The third-order valence-corrected chi connectivity index (χ3v) is 4.56. The molecule has 0 aliphatic heterocycles. The summed E-state index contributed by atoms with van der Waals surface area (Å²) in [7, 11) is 0. The van der Waals surface area contributed by atoms with Gasteiger partial charge in [0.05, 0.1) is 11.1 Å². The number of hydrogen-bond acceptors (Lipinski definition) is 2. The summed E-state index contributed by atoms with van der Waals surface area (Å²) in [6.45, 7) is 9.38. The molecule has 0 bridgehead atoms. The molecular formula is C23H28N2O2. The van der Waals surface area contributed by atoms with Crippen molar-refractivity contribution in [1.29, 1.82) is 0 Å². The number of amides is 2. The van der Waals surface area contributed by atoms with Crippen LogP contribution in [-0.4, -0.2) is 11.8 Å². The molecule has 4 nitrogen and oxygen atoms in total. The second kappa shape index (κ2) is 8.21. The van der Waals surface area contributed by atoms with Gasteiger partial charge in [0, 0.05) is 11.6 Å². The lowest BCUT2D eigenvalue weighted by atomic mass is 9.93. The second-order valence-electron chi connectivity index (χ2n) is 7.75. The molecule has 0 radical (unpaired) electrons. The lowest BCUT2D eigenvalue weighted by molar-refractivity contribution is -0.121. The van der Waals surface area contributed by atoms with E-state index >= 15 is 0 Å². The number of rotatable bonds is 6. The number of nitrogens with one attached hydrogen (secondary N) is 2. The van der Waals surface area contributed by atoms with E-state index in [0.29, 0.717) is 5.57 Å². The maximum absolute atomic E-state index is 12.5. The predicted molar refractivity (Wildman–Crippen MR) is 109 cm³/mol. The molecule has 0 aliphatic carbocycles. The Bertz CT molecular complexity index is 822. The highest BCUT2D eigenvalue weighted by Gasteiger charge is 2.25. The van der Waals surface area contributed by atoms with Crippen LogP contribution in [0.4, 0.5) is 0 Å². The highest BCUT2D eigenvalue weighted by Crippen LogP contribution is 2.21. The molecule has 0 spiro atoms. The summed E-state index contributed by atoms with van der Waals surface area (Å²) in [6, 6.07) is 19.5. The highest BCUT2D eigenvalue weighted by molar-refractivity contribution is 6.01. The van der Waals surface area contributed by atoms with Crippen molar-refractivity contribution in [2.45, 2.75) is 45.7 Å². The van der Waals surface area contributed by atoms with Crippen molar-refractivity contribution in [3.8, 4) is 0 Å².